The lowest BCUT2D eigenvalue weighted by Gasteiger charge is -2.14. The minimum atomic E-state index is -3.66. The molecule has 1 aliphatic rings. The summed E-state index contributed by atoms with van der Waals surface area (Å²) in [6.07, 6.45) is 6.69. The van der Waals surface area contributed by atoms with Crippen molar-refractivity contribution in [1.82, 2.24) is 13.9 Å². The number of rotatable bonds is 3. The highest BCUT2D eigenvalue weighted by Crippen LogP contribution is 2.35. The van der Waals surface area contributed by atoms with E-state index in [0.717, 1.165) is 43.3 Å². The third-order valence-electron chi connectivity index (χ3n) is 5.25. The Morgan fingerprint density at radius 1 is 1.04 bits per heavy atom. The first-order valence-electron chi connectivity index (χ1n) is 9.02. The highest BCUT2D eigenvalue weighted by Gasteiger charge is 2.26. The third-order valence-corrected chi connectivity index (χ3v) is 6.92. The van der Waals surface area contributed by atoms with Gasteiger partial charge in [0.2, 0.25) is 0 Å². The SMILES string of the molecule is CN1CCCC(c2cn(S(=O)(=O)c3ccccc3)c3ncccc23)CC1. The zero-order chi connectivity index (χ0) is 18.1. The number of fused-ring (bicyclic) bond motifs is 1. The molecule has 1 aromatic carbocycles. The van der Waals surface area contributed by atoms with E-state index in [4.69, 9.17) is 0 Å². The van der Waals surface area contributed by atoms with Crippen LogP contribution in [0.25, 0.3) is 11.0 Å². The van der Waals surface area contributed by atoms with Gasteiger partial charge < -0.3 is 4.90 Å². The van der Waals surface area contributed by atoms with Crippen LogP contribution in [0.4, 0.5) is 0 Å². The quantitative estimate of drug-likeness (QED) is 0.709. The van der Waals surface area contributed by atoms with Crippen LogP contribution < -0.4 is 0 Å². The van der Waals surface area contributed by atoms with E-state index in [1.165, 1.54) is 3.97 Å². The molecule has 1 unspecified atom stereocenters. The molecule has 1 aliphatic heterocycles. The molecule has 1 fully saturated rings. The number of hydrogen-bond donors (Lipinski definition) is 0. The van der Waals surface area contributed by atoms with E-state index < -0.39 is 10.0 Å². The highest BCUT2D eigenvalue weighted by atomic mass is 32.2. The van der Waals surface area contributed by atoms with Crippen molar-refractivity contribution >= 4 is 21.1 Å². The van der Waals surface area contributed by atoms with Crippen molar-refractivity contribution in [3.8, 4) is 0 Å². The predicted octanol–water partition coefficient (Wildman–Crippen LogP) is 3.47. The van der Waals surface area contributed by atoms with Crippen molar-refractivity contribution in [2.75, 3.05) is 20.1 Å². The average Bonchev–Trinajstić information content (AvgIpc) is 2.93. The third kappa shape index (κ3) is 3.04. The molecule has 136 valence electrons. The maximum Gasteiger partial charge on any atom is 0.269 e. The lowest BCUT2D eigenvalue weighted by molar-refractivity contribution is 0.347. The molecule has 0 bridgehead atoms. The molecule has 0 aliphatic carbocycles. The first-order valence-corrected chi connectivity index (χ1v) is 10.5. The Morgan fingerprint density at radius 2 is 1.85 bits per heavy atom. The van der Waals surface area contributed by atoms with Crippen molar-refractivity contribution in [1.29, 1.82) is 0 Å². The van der Waals surface area contributed by atoms with Crippen molar-refractivity contribution in [2.45, 2.75) is 30.1 Å². The molecule has 3 heterocycles. The van der Waals surface area contributed by atoms with Gasteiger partial charge in [-0.2, -0.15) is 0 Å². The van der Waals surface area contributed by atoms with Crippen molar-refractivity contribution < 1.29 is 8.42 Å². The van der Waals surface area contributed by atoms with Gasteiger partial charge in [-0.1, -0.05) is 18.2 Å². The van der Waals surface area contributed by atoms with Crippen LogP contribution in [0, 0.1) is 0 Å². The zero-order valence-electron chi connectivity index (χ0n) is 14.9. The van der Waals surface area contributed by atoms with Crippen LogP contribution in [0.3, 0.4) is 0 Å². The molecule has 3 aromatic rings. The van der Waals surface area contributed by atoms with E-state index in [9.17, 15) is 8.42 Å². The lowest BCUT2D eigenvalue weighted by atomic mass is 9.92. The van der Waals surface area contributed by atoms with Gasteiger partial charge in [-0.3, -0.25) is 0 Å². The van der Waals surface area contributed by atoms with Gasteiger partial charge in [0.05, 0.1) is 4.90 Å². The first kappa shape index (κ1) is 17.2. The molecule has 6 heteroatoms. The molecule has 1 saturated heterocycles. The van der Waals surface area contributed by atoms with E-state index in [2.05, 4.69) is 16.9 Å². The van der Waals surface area contributed by atoms with Gasteiger partial charge in [-0.05, 0) is 75.1 Å². The standard InChI is InChI=1S/C20H23N3O2S/c1-22-13-6-7-16(11-14-22)19-15-23(20-18(19)10-5-12-21-20)26(24,25)17-8-3-2-4-9-17/h2-5,8-10,12,15-16H,6-7,11,13-14H2,1H3. The molecule has 0 spiro atoms. The van der Waals surface area contributed by atoms with Gasteiger partial charge >= 0.3 is 0 Å². The number of hydrogen-bond acceptors (Lipinski definition) is 4. The number of benzene rings is 1. The number of pyridine rings is 1. The summed E-state index contributed by atoms with van der Waals surface area (Å²) in [6, 6.07) is 12.4. The smallest absolute Gasteiger partial charge is 0.269 e. The Labute approximate surface area is 154 Å². The van der Waals surface area contributed by atoms with Crippen LogP contribution in [0.5, 0.6) is 0 Å². The topological polar surface area (TPSA) is 55.2 Å². The minimum Gasteiger partial charge on any atom is -0.306 e. The van der Waals surface area contributed by atoms with Gasteiger partial charge in [-0.25, -0.2) is 17.4 Å². The number of aromatic nitrogens is 2. The molecular formula is C20H23N3O2S. The lowest BCUT2D eigenvalue weighted by Crippen LogP contribution is -2.18. The monoisotopic (exact) mass is 369 g/mol. The van der Waals surface area contributed by atoms with Crippen LogP contribution in [-0.2, 0) is 10.0 Å². The molecule has 1 atom stereocenters. The Morgan fingerprint density at radius 3 is 2.65 bits per heavy atom. The molecular weight excluding hydrogens is 346 g/mol. The number of likely N-dealkylation sites (tertiary alicyclic amines) is 1. The zero-order valence-corrected chi connectivity index (χ0v) is 15.7. The van der Waals surface area contributed by atoms with E-state index in [0.29, 0.717) is 11.6 Å². The van der Waals surface area contributed by atoms with Gasteiger partial charge in [0.25, 0.3) is 10.0 Å². The van der Waals surface area contributed by atoms with Crippen LogP contribution in [0.15, 0.2) is 59.8 Å². The molecule has 2 aromatic heterocycles. The molecule has 4 rings (SSSR count). The summed E-state index contributed by atoms with van der Waals surface area (Å²) in [6.45, 7) is 2.12. The highest BCUT2D eigenvalue weighted by molar-refractivity contribution is 7.90. The fraction of sp³-hybridized carbons (Fsp3) is 0.350. The molecule has 0 radical (unpaired) electrons. The van der Waals surface area contributed by atoms with Crippen molar-refractivity contribution in [3.05, 3.63) is 60.4 Å². The first-order chi connectivity index (χ1) is 12.6. The fourth-order valence-electron chi connectivity index (χ4n) is 3.82. The van der Waals surface area contributed by atoms with E-state index in [-0.39, 0.29) is 4.90 Å². The Hall–Kier alpha value is -2.18. The van der Waals surface area contributed by atoms with Gasteiger partial charge in [0.1, 0.15) is 0 Å². The Kier molecular flexibility index (Phi) is 4.54. The predicted molar refractivity (Wildman–Crippen MR) is 103 cm³/mol. The molecule has 5 nitrogen and oxygen atoms in total. The Balaban J connectivity index is 1.85. The summed E-state index contributed by atoms with van der Waals surface area (Å²) in [5.41, 5.74) is 1.62. The molecule has 0 saturated carbocycles. The minimum absolute atomic E-state index is 0.287. The summed E-state index contributed by atoms with van der Waals surface area (Å²) in [7, 11) is -1.51. The van der Waals surface area contributed by atoms with Crippen LogP contribution in [-0.4, -0.2) is 42.4 Å². The normalized spacial score (nSPS) is 19.5. The summed E-state index contributed by atoms with van der Waals surface area (Å²) in [4.78, 5) is 7.03. The number of nitrogens with zero attached hydrogens (tertiary/aromatic N) is 3. The largest absolute Gasteiger partial charge is 0.306 e. The second-order valence-electron chi connectivity index (χ2n) is 7.00. The van der Waals surface area contributed by atoms with Gasteiger partial charge in [-0.15, -0.1) is 0 Å². The fourth-order valence-corrected chi connectivity index (χ4v) is 5.17. The van der Waals surface area contributed by atoms with Crippen molar-refractivity contribution in [2.24, 2.45) is 0 Å². The molecule has 26 heavy (non-hydrogen) atoms. The van der Waals surface area contributed by atoms with E-state index in [1.807, 2.05) is 18.2 Å². The van der Waals surface area contributed by atoms with Crippen LogP contribution in [0.1, 0.15) is 30.7 Å². The van der Waals surface area contributed by atoms with Gasteiger partial charge in [0, 0.05) is 17.8 Å². The second-order valence-corrected chi connectivity index (χ2v) is 8.82. The van der Waals surface area contributed by atoms with Crippen LogP contribution >= 0.6 is 0 Å². The average molecular weight is 369 g/mol. The molecule has 0 amide bonds. The summed E-state index contributed by atoms with van der Waals surface area (Å²) >= 11 is 0. The summed E-state index contributed by atoms with van der Waals surface area (Å²) in [5, 5.41) is 0.946. The van der Waals surface area contributed by atoms with Crippen LogP contribution in [0.2, 0.25) is 0 Å². The maximum absolute atomic E-state index is 13.2. The van der Waals surface area contributed by atoms with Crippen molar-refractivity contribution in [3.63, 3.8) is 0 Å². The summed E-state index contributed by atoms with van der Waals surface area (Å²) in [5.74, 6) is 0.360. The van der Waals surface area contributed by atoms with E-state index >= 15 is 0 Å². The second kappa shape index (κ2) is 6.85. The molecule has 0 N–H and O–H groups in total. The summed E-state index contributed by atoms with van der Waals surface area (Å²) < 4.78 is 27.7. The maximum atomic E-state index is 13.2. The Bertz CT molecular complexity index is 1010. The van der Waals surface area contributed by atoms with E-state index in [1.54, 1.807) is 36.7 Å². The van der Waals surface area contributed by atoms with Gasteiger partial charge in [0.15, 0.2) is 5.65 Å².